The van der Waals surface area contributed by atoms with Gasteiger partial charge < -0.3 is 0 Å². The maximum atomic E-state index is 8.82. The van der Waals surface area contributed by atoms with Crippen LogP contribution in [0.25, 0.3) is 10.1 Å². The highest BCUT2D eigenvalue weighted by Gasteiger charge is 2.09. The van der Waals surface area contributed by atoms with Gasteiger partial charge in [0.15, 0.2) is 0 Å². The van der Waals surface area contributed by atoms with Crippen LogP contribution in [0.1, 0.15) is 18.4 Å². The van der Waals surface area contributed by atoms with Crippen molar-refractivity contribution in [2.45, 2.75) is 12.8 Å². The third-order valence-electron chi connectivity index (χ3n) is 2.17. The maximum Gasteiger partial charge on any atom is 0.0701 e. The quantitative estimate of drug-likeness (QED) is 0.670. The number of benzene rings is 1. The van der Waals surface area contributed by atoms with E-state index in [-0.39, 0.29) is 5.92 Å². The Hall–Kier alpha value is -1.33. The Kier molecular flexibility index (Phi) is 2.03. The Morgan fingerprint density at radius 2 is 2.15 bits per heavy atom. The summed E-state index contributed by atoms with van der Waals surface area (Å²) >= 11 is 1.71. The number of nitrogens with zero attached hydrogens (tertiary/aromatic N) is 1. The molecule has 0 radical (unpaired) electrons. The van der Waals surface area contributed by atoms with E-state index in [2.05, 4.69) is 23.6 Å². The molecule has 2 heteroatoms. The van der Waals surface area contributed by atoms with E-state index in [9.17, 15) is 0 Å². The van der Waals surface area contributed by atoms with Gasteiger partial charge in [-0.2, -0.15) is 5.26 Å². The van der Waals surface area contributed by atoms with Crippen LogP contribution in [0.2, 0.25) is 0 Å². The summed E-state index contributed by atoms with van der Waals surface area (Å²) in [5.74, 6) is -0.00356. The average molecular weight is 187 g/mol. The fourth-order valence-electron chi connectivity index (χ4n) is 1.40. The zero-order valence-electron chi connectivity index (χ0n) is 7.32. The first kappa shape index (κ1) is 8.28. The first-order chi connectivity index (χ1) is 6.33. The average Bonchev–Trinajstić information content (AvgIpc) is 2.60. The minimum atomic E-state index is -0.00356. The molecule has 0 saturated carbocycles. The van der Waals surface area contributed by atoms with Crippen LogP contribution in [0.3, 0.4) is 0 Å². The van der Waals surface area contributed by atoms with Crippen molar-refractivity contribution in [3.8, 4) is 6.07 Å². The molecule has 64 valence electrons. The second-order valence-electron chi connectivity index (χ2n) is 3.04. The van der Waals surface area contributed by atoms with E-state index < -0.39 is 0 Å². The first-order valence-corrected chi connectivity index (χ1v) is 5.06. The second-order valence-corrected chi connectivity index (χ2v) is 3.95. The van der Waals surface area contributed by atoms with Crippen LogP contribution in [0.5, 0.6) is 0 Å². The van der Waals surface area contributed by atoms with Crippen LogP contribution in [-0.4, -0.2) is 0 Å². The molecule has 0 aliphatic heterocycles. The van der Waals surface area contributed by atoms with Gasteiger partial charge in [0.05, 0.1) is 12.0 Å². The molecular weight excluding hydrogens is 178 g/mol. The van der Waals surface area contributed by atoms with E-state index in [1.165, 1.54) is 10.1 Å². The zero-order chi connectivity index (χ0) is 9.26. The molecule has 0 fully saturated rings. The summed E-state index contributed by atoms with van der Waals surface area (Å²) in [6, 6.07) is 10.5. The summed E-state index contributed by atoms with van der Waals surface area (Å²) < 4.78 is 1.26. The fourth-order valence-corrected chi connectivity index (χ4v) is 2.46. The lowest BCUT2D eigenvalue weighted by Gasteiger charge is -1.98. The normalized spacial score (nSPS) is 12.6. The number of fused-ring (bicyclic) bond motifs is 1. The Morgan fingerprint density at radius 1 is 1.38 bits per heavy atom. The molecule has 0 amide bonds. The topological polar surface area (TPSA) is 23.8 Å². The summed E-state index contributed by atoms with van der Waals surface area (Å²) in [6.45, 7) is 1.94. The molecule has 0 aliphatic rings. The van der Waals surface area contributed by atoms with Crippen molar-refractivity contribution < 1.29 is 0 Å². The van der Waals surface area contributed by atoms with Crippen molar-refractivity contribution in [1.82, 2.24) is 0 Å². The fraction of sp³-hybridized carbons (Fsp3) is 0.182. The lowest BCUT2D eigenvalue weighted by molar-refractivity contribution is 1.00. The Bertz CT molecular complexity index is 464. The van der Waals surface area contributed by atoms with Gasteiger partial charge >= 0.3 is 0 Å². The molecule has 0 spiro atoms. The van der Waals surface area contributed by atoms with Crippen LogP contribution in [0.15, 0.2) is 29.6 Å². The first-order valence-electron chi connectivity index (χ1n) is 4.18. The van der Waals surface area contributed by atoms with Crippen molar-refractivity contribution in [2.24, 2.45) is 0 Å². The van der Waals surface area contributed by atoms with E-state index in [1.807, 2.05) is 19.1 Å². The van der Waals surface area contributed by atoms with Crippen LogP contribution in [0, 0.1) is 11.3 Å². The molecule has 1 heterocycles. The molecular formula is C11H9NS. The second kappa shape index (κ2) is 3.20. The third kappa shape index (κ3) is 1.32. The predicted octanol–water partition coefficient (Wildman–Crippen LogP) is 3.53. The van der Waals surface area contributed by atoms with Gasteiger partial charge in [0.2, 0.25) is 0 Å². The predicted molar refractivity (Wildman–Crippen MR) is 55.9 cm³/mol. The molecule has 0 bridgehead atoms. The number of rotatable bonds is 1. The Morgan fingerprint density at radius 3 is 2.92 bits per heavy atom. The number of thiophene rings is 1. The van der Waals surface area contributed by atoms with Crippen molar-refractivity contribution in [3.63, 3.8) is 0 Å². The molecule has 1 nitrogen and oxygen atoms in total. The highest BCUT2D eigenvalue weighted by molar-refractivity contribution is 7.17. The van der Waals surface area contributed by atoms with Gasteiger partial charge in [0.1, 0.15) is 0 Å². The van der Waals surface area contributed by atoms with Gasteiger partial charge in [-0.05, 0) is 29.3 Å². The van der Waals surface area contributed by atoms with Gasteiger partial charge in [-0.1, -0.05) is 18.2 Å². The highest BCUT2D eigenvalue weighted by Crippen LogP contribution is 2.30. The third-order valence-corrected chi connectivity index (χ3v) is 3.15. The van der Waals surface area contributed by atoms with Gasteiger partial charge in [0.25, 0.3) is 0 Å². The SMILES string of the molecule is C[C@@H](C#N)c1csc2ccccc12. The van der Waals surface area contributed by atoms with Gasteiger partial charge in [0, 0.05) is 4.70 Å². The summed E-state index contributed by atoms with van der Waals surface area (Å²) in [5.41, 5.74) is 1.16. The standard InChI is InChI=1S/C11H9NS/c1-8(6-12)10-7-13-11-5-3-2-4-9(10)11/h2-5,7-8H,1H3/t8-/m0/s1. The summed E-state index contributed by atoms with van der Waals surface area (Å²) in [7, 11) is 0. The molecule has 2 rings (SSSR count). The lowest BCUT2D eigenvalue weighted by atomic mass is 10.0. The molecule has 1 aromatic heterocycles. The van der Waals surface area contributed by atoms with Crippen molar-refractivity contribution in [2.75, 3.05) is 0 Å². The molecule has 0 saturated heterocycles. The molecule has 13 heavy (non-hydrogen) atoms. The summed E-state index contributed by atoms with van der Waals surface area (Å²) in [6.07, 6.45) is 0. The molecule has 0 aliphatic carbocycles. The monoisotopic (exact) mass is 187 g/mol. The van der Waals surface area contributed by atoms with Gasteiger partial charge in [-0.25, -0.2) is 0 Å². The van der Waals surface area contributed by atoms with E-state index in [0.29, 0.717) is 0 Å². The van der Waals surface area contributed by atoms with E-state index in [0.717, 1.165) is 5.56 Å². The van der Waals surface area contributed by atoms with Gasteiger partial charge in [-0.3, -0.25) is 0 Å². The van der Waals surface area contributed by atoms with Crippen LogP contribution in [-0.2, 0) is 0 Å². The molecule has 0 N–H and O–H groups in total. The van der Waals surface area contributed by atoms with Crippen molar-refractivity contribution >= 4 is 21.4 Å². The number of nitriles is 1. The Balaban J connectivity index is 2.66. The van der Waals surface area contributed by atoms with E-state index in [1.54, 1.807) is 11.3 Å². The molecule has 1 aromatic carbocycles. The summed E-state index contributed by atoms with van der Waals surface area (Å²) in [4.78, 5) is 0. The van der Waals surface area contributed by atoms with Crippen molar-refractivity contribution in [1.29, 1.82) is 5.26 Å². The number of hydrogen-bond acceptors (Lipinski definition) is 2. The summed E-state index contributed by atoms with van der Waals surface area (Å²) in [5, 5.41) is 12.1. The lowest BCUT2D eigenvalue weighted by Crippen LogP contribution is -1.85. The van der Waals surface area contributed by atoms with Crippen LogP contribution >= 0.6 is 11.3 Å². The van der Waals surface area contributed by atoms with Crippen LogP contribution in [0.4, 0.5) is 0 Å². The maximum absolute atomic E-state index is 8.82. The minimum Gasteiger partial charge on any atom is -0.198 e. The van der Waals surface area contributed by atoms with E-state index in [4.69, 9.17) is 5.26 Å². The van der Waals surface area contributed by atoms with Gasteiger partial charge in [-0.15, -0.1) is 11.3 Å². The minimum absolute atomic E-state index is 0.00356. The number of hydrogen-bond donors (Lipinski definition) is 0. The Labute approximate surface area is 81.2 Å². The van der Waals surface area contributed by atoms with Crippen molar-refractivity contribution in [3.05, 3.63) is 35.2 Å². The largest absolute Gasteiger partial charge is 0.198 e. The smallest absolute Gasteiger partial charge is 0.0701 e. The molecule has 1 atom stereocenters. The highest BCUT2D eigenvalue weighted by atomic mass is 32.1. The van der Waals surface area contributed by atoms with Crippen LogP contribution < -0.4 is 0 Å². The molecule has 2 aromatic rings. The zero-order valence-corrected chi connectivity index (χ0v) is 8.14. The van der Waals surface area contributed by atoms with E-state index >= 15 is 0 Å². The molecule has 0 unspecified atom stereocenters.